The van der Waals surface area contributed by atoms with Crippen molar-refractivity contribution in [3.8, 4) is 17.6 Å². The van der Waals surface area contributed by atoms with Crippen LogP contribution >= 0.6 is 23.2 Å². The summed E-state index contributed by atoms with van der Waals surface area (Å²) in [4.78, 5) is 12.4. The zero-order valence-corrected chi connectivity index (χ0v) is 15.9. The van der Waals surface area contributed by atoms with Gasteiger partial charge in [0.15, 0.2) is 11.5 Å². The molecular formula is C20H16Cl2N2O3. The minimum absolute atomic E-state index is 0.0109. The van der Waals surface area contributed by atoms with Crippen LogP contribution in [0.1, 0.15) is 11.1 Å². The van der Waals surface area contributed by atoms with Gasteiger partial charge in [0, 0.05) is 5.56 Å². The molecule has 0 bridgehead atoms. The normalized spacial score (nSPS) is 10.8. The first kappa shape index (κ1) is 20.4. The van der Waals surface area contributed by atoms with Crippen LogP contribution in [-0.4, -0.2) is 18.1 Å². The van der Waals surface area contributed by atoms with Gasteiger partial charge in [-0.2, -0.15) is 5.26 Å². The molecule has 138 valence electrons. The molecule has 27 heavy (non-hydrogen) atoms. The van der Waals surface area contributed by atoms with Gasteiger partial charge in [0.1, 0.15) is 11.6 Å². The number of carbonyl (C=O) groups excluding carboxylic acids is 1. The number of anilines is 1. The fraction of sp³-hybridized carbons (Fsp3) is 0.100. The summed E-state index contributed by atoms with van der Waals surface area (Å²) in [5.41, 5.74) is 1.23. The molecule has 2 N–H and O–H groups in total. The maximum atomic E-state index is 12.4. The smallest absolute Gasteiger partial charge is 0.266 e. The highest BCUT2D eigenvalue weighted by Gasteiger charge is 2.14. The molecule has 0 heterocycles. The van der Waals surface area contributed by atoms with E-state index in [1.807, 2.05) is 6.07 Å². The third kappa shape index (κ3) is 4.82. The van der Waals surface area contributed by atoms with Crippen molar-refractivity contribution < 1.29 is 14.6 Å². The summed E-state index contributed by atoms with van der Waals surface area (Å²) < 4.78 is 5.14. The lowest BCUT2D eigenvalue weighted by Crippen LogP contribution is -2.13. The van der Waals surface area contributed by atoms with Gasteiger partial charge in [0.2, 0.25) is 0 Å². The van der Waals surface area contributed by atoms with Gasteiger partial charge in [-0.25, -0.2) is 0 Å². The van der Waals surface area contributed by atoms with Crippen LogP contribution in [0.4, 0.5) is 5.69 Å². The Balaban J connectivity index is 2.39. The number of ether oxygens (including phenoxy) is 1. The van der Waals surface area contributed by atoms with Gasteiger partial charge in [-0.1, -0.05) is 35.3 Å². The predicted octanol–water partition coefficient (Wildman–Crippen LogP) is 4.98. The average Bonchev–Trinajstić information content (AvgIpc) is 2.65. The Morgan fingerprint density at radius 3 is 2.78 bits per heavy atom. The first-order valence-corrected chi connectivity index (χ1v) is 8.54. The molecule has 0 aliphatic carbocycles. The van der Waals surface area contributed by atoms with E-state index in [0.717, 1.165) is 0 Å². The highest BCUT2D eigenvalue weighted by Crippen LogP contribution is 2.33. The SMILES string of the molecule is C=CCc1cc(/C=C(/C#N)C(=O)Nc2cccc(Cl)c2Cl)cc(OC)c1O. The minimum atomic E-state index is -0.640. The van der Waals surface area contributed by atoms with E-state index in [9.17, 15) is 15.2 Å². The lowest BCUT2D eigenvalue weighted by molar-refractivity contribution is -0.112. The van der Waals surface area contributed by atoms with Crippen molar-refractivity contribution in [1.82, 2.24) is 0 Å². The molecule has 0 saturated heterocycles. The minimum Gasteiger partial charge on any atom is -0.504 e. The molecule has 2 aromatic carbocycles. The van der Waals surface area contributed by atoms with Gasteiger partial charge in [-0.05, 0) is 42.3 Å². The average molecular weight is 403 g/mol. The van der Waals surface area contributed by atoms with Crippen LogP contribution in [0.15, 0.2) is 48.6 Å². The molecule has 5 nitrogen and oxygen atoms in total. The Kier molecular flexibility index (Phi) is 6.89. The van der Waals surface area contributed by atoms with E-state index >= 15 is 0 Å². The third-order valence-corrected chi connectivity index (χ3v) is 4.46. The number of rotatable bonds is 6. The summed E-state index contributed by atoms with van der Waals surface area (Å²) in [7, 11) is 1.42. The fourth-order valence-electron chi connectivity index (χ4n) is 2.34. The summed E-state index contributed by atoms with van der Waals surface area (Å²) in [5.74, 6) is -0.418. The molecule has 1 amide bonds. The van der Waals surface area contributed by atoms with Crippen molar-refractivity contribution in [3.63, 3.8) is 0 Å². The van der Waals surface area contributed by atoms with Gasteiger partial charge in [0.05, 0.1) is 22.8 Å². The van der Waals surface area contributed by atoms with E-state index < -0.39 is 5.91 Å². The van der Waals surface area contributed by atoms with Crippen LogP contribution in [0.5, 0.6) is 11.5 Å². The summed E-state index contributed by atoms with van der Waals surface area (Å²) >= 11 is 12.0. The molecule has 0 saturated carbocycles. The Labute approximate surface area is 167 Å². The van der Waals surface area contributed by atoms with Crippen molar-refractivity contribution in [3.05, 3.63) is 69.7 Å². The van der Waals surface area contributed by atoms with E-state index in [1.54, 1.807) is 30.3 Å². The highest BCUT2D eigenvalue weighted by atomic mass is 35.5. The van der Waals surface area contributed by atoms with Gasteiger partial charge in [-0.15, -0.1) is 6.58 Å². The number of nitrogens with zero attached hydrogens (tertiary/aromatic N) is 1. The van der Waals surface area contributed by atoms with Gasteiger partial charge >= 0.3 is 0 Å². The number of phenolic OH excluding ortho intramolecular Hbond substituents is 1. The summed E-state index contributed by atoms with van der Waals surface area (Å²) in [5, 5.41) is 22.5. The molecule has 0 aromatic heterocycles. The van der Waals surface area contributed by atoms with E-state index in [-0.39, 0.29) is 27.1 Å². The Morgan fingerprint density at radius 1 is 1.41 bits per heavy atom. The summed E-state index contributed by atoms with van der Waals surface area (Å²) in [6.07, 6.45) is 3.42. The lowest BCUT2D eigenvalue weighted by Gasteiger charge is -2.10. The molecule has 0 fully saturated rings. The molecule has 0 aliphatic heterocycles. The number of hydrogen-bond donors (Lipinski definition) is 2. The largest absolute Gasteiger partial charge is 0.504 e. The summed E-state index contributed by atoms with van der Waals surface area (Å²) in [6.45, 7) is 3.64. The Morgan fingerprint density at radius 2 is 2.15 bits per heavy atom. The van der Waals surface area contributed by atoms with Crippen molar-refractivity contribution in [2.75, 3.05) is 12.4 Å². The molecular weight excluding hydrogens is 387 g/mol. The summed E-state index contributed by atoms with van der Waals surface area (Å²) in [6, 6.07) is 9.83. The van der Waals surface area contributed by atoms with Crippen molar-refractivity contribution >= 4 is 40.9 Å². The molecule has 0 unspecified atom stereocenters. The van der Waals surface area contributed by atoms with Crippen LogP contribution in [0.25, 0.3) is 6.08 Å². The number of methoxy groups -OCH3 is 1. The number of carbonyl (C=O) groups is 1. The molecule has 7 heteroatoms. The van der Waals surface area contributed by atoms with Crippen LogP contribution < -0.4 is 10.1 Å². The highest BCUT2D eigenvalue weighted by molar-refractivity contribution is 6.44. The maximum absolute atomic E-state index is 12.4. The number of phenols is 1. The number of nitrogens with one attached hydrogen (secondary N) is 1. The standard InChI is InChI=1S/C20H16Cl2N2O3/c1-3-5-13-8-12(10-17(27-2)19(13)25)9-14(11-23)20(26)24-16-7-4-6-15(21)18(16)22/h3-4,6-10,25H,1,5H2,2H3,(H,24,26)/b14-9-. The Bertz CT molecular complexity index is 962. The topological polar surface area (TPSA) is 82.4 Å². The van der Waals surface area contributed by atoms with Crippen molar-refractivity contribution in [1.29, 1.82) is 5.26 Å². The van der Waals surface area contributed by atoms with Gasteiger partial charge in [-0.3, -0.25) is 4.79 Å². The molecule has 0 atom stereocenters. The lowest BCUT2D eigenvalue weighted by atomic mass is 10.0. The quantitative estimate of drug-likeness (QED) is 0.405. The molecule has 0 spiro atoms. The number of halogens is 2. The zero-order chi connectivity index (χ0) is 20.0. The van der Waals surface area contributed by atoms with Crippen LogP contribution in [-0.2, 0) is 11.2 Å². The number of aromatic hydroxyl groups is 1. The van der Waals surface area contributed by atoms with Crippen LogP contribution in [0, 0.1) is 11.3 Å². The molecule has 2 rings (SSSR count). The number of amides is 1. The first-order valence-electron chi connectivity index (χ1n) is 7.79. The first-order chi connectivity index (χ1) is 12.9. The van der Waals surface area contributed by atoms with Crippen LogP contribution in [0.2, 0.25) is 10.0 Å². The monoisotopic (exact) mass is 402 g/mol. The van der Waals surface area contributed by atoms with E-state index in [4.69, 9.17) is 27.9 Å². The second-order valence-corrected chi connectivity index (χ2v) is 6.23. The molecule has 2 aromatic rings. The number of nitriles is 1. The van der Waals surface area contributed by atoms with E-state index in [2.05, 4.69) is 11.9 Å². The van der Waals surface area contributed by atoms with Gasteiger partial charge in [0.25, 0.3) is 5.91 Å². The van der Waals surface area contributed by atoms with Gasteiger partial charge < -0.3 is 15.2 Å². The molecule has 0 aliphatic rings. The predicted molar refractivity (Wildman–Crippen MR) is 107 cm³/mol. The number of benzene rings is 2. The second-order valence-electron chi connectivity index (χ2n) is 5.45. The maximum Gasteiger partial charge on any atom is 0.266 e. The third-order valence-electron chi connectivity index (χ3n) is 3.64. The molecule has 0 radical (unpaired) electrons. The van der Waals surface area contributed by atoms with Crippen molar-refractivity contribution in [2.24, 2.45) is 0 Å². The van der Waals surface area contributed by atoms with E-state index in [0.29, 0.717) is 23.2 Å². The zero-order valence-electron chi connectivity index (χ0n) is 14.4. The van der Waals surface area contributed by atoms with Crippen LogP contribution in [0.3, 0.4) is 0 Å². The fourth-order valence-corrected chi connectivity index (χ4v) is 2.69. The van der Waals surface area contributed by atoms with Crippen molar-refractivity contribution in [2.45, 2.75) is 6.42 Å². The number of allylic oxidation sites excluding steroid dienone is 1. The van der Waals surface area contributed by atoms with E-state index in [1.165, 1.54) is 19.3 Å². The second kappa shape index (κ2) is 9.13. The Hall–Kier alpha value is -2.94. The number of hydrogen-bond acceptors (Lipinski definition) is 4.